The first-order valence-corrected chi connectivity index (χ1v) is 9.22. The van der Waals surface area contributed by atoms with Crippen LogP contribution in [0.3, 0.4) is 0 Å². The van der Waals surface area contributed by atoms with Crippen LogP contribution in [0.2, 0.25) is 0 Å². The molecule has 1 aliphatic rings. The molecule has 7 heteroatoms. The molecule has 22 heavy (non-hydrogen) atoms. The minimum absolute atomic E-state index is 0.0437. The van der Waals surface area contributed by atoms with Crippen molar-refractivity contribution < 1.29 is 17.9 Å². The molecule has 1 N–H and O–H groups in total. The van der Waals surface area contributed by atoms with Gasteiger partial charge in [-0.2, -0.15) is 0 Å². The van der Waals surface area contributed by atoms with E-state index in [0.717, 1.165) is 5.75 Å². The fourth-order valence-electron chi connectivity index (χ4n) is 2.41. The van der Waals surface area contributed by atoms with E-state index in [-0.39, 0.29) is 11.9 Å². The van der Waals surface area contributed by atoms with Crippen LogP contribution in [-0.4, -0.2) is 50.6 Å². The van der Waals surface area contributed by atoms with Gasteiger partial charge in [0, 0.05) is 19.1 Å². The molecular formula is C15H22N2O4S. The molecule has 1 aromatic carbocycles. The minimum atomic E-state index is -3.12. The largest absolute Gasteiger partial charge is 0.493 e. The third-order valence-electron chi connectivity index (χ3n) is 3.63. The van der Waals surface area contributed by atoms with E-state index in [1.54, 1.807) is 0 Å². The van der Waals surface area contributed by atoms with Gasteiger partial charge in [0.1, 0.15) is 5.75 Å². The Morgan fingerprint density at radius 3 is 2.50 bits per heavy atom. The van der Waals surface area contributed by atoms with Gasteiger partial charge in [-0.3, -0.25) is 4.79 Å². The number of rotatable bonds is 6. The summed E-state index contributed by atoms with van der Waals surface area (Å²) in [4.78, 5) is 11.9. The van der Waals surface area contributed by atoms with Crippen molar-refractivity contribution in [3.8, 4) is 5.75 Å². The number of sulfonamides is 1. The fourth-order valence-corrected chi connectivity index (χ4v) is 3.28. The molecule has 0 atom stereocenters. The van der Waals surface area contributed by atoms with Crippen LogP contribution in [0, 0.1) is 0 Å². The van der Waals surface area contributed by atoms with Gasteiger partial charge < -0.3 is 10.1 Å². The normalized spacial score (nSPS) is 17.1. The summed E-state index contributed by atoms with van der Waals surface area (Å²) in [7, 11) is -3.12. The molecule has 1 aliphatic heterocycles. The smallest absolute Gasteiger partial charge is 0.223 e. The number of hydrogen-bond donors (Lipinski definition) is 1. The first-order valence-electron chi connectivity index (χ1n) is 7.37. The lowest BCUT2D eigenvalue weighted by molar-refractivity contribution is -0.122. The van der Waals surface area contributed by atoms with Gasteiger partial charge in [0.05, 0.1) is 19.3 Å². The van der Waals surface area contributed by atoms with E-state index in [1.165, 1.54) is 10.6 Å². The van der Waals surface area contributed by atoms with Crippen LogP contribution >= 0.6 is 0 Å². The molecule has 0 saturated carbocycles. The number of nitrogens with one attached hydrogen (secondary N) is 1. The predicted molar refractivity (Wildman–Crippen MR) is 84.1 cm³/mol. The molecule has 0 unspecified atom stereocenters. The summed E-state index contributed by atoms with van der Waals surface area (Å²) >= 11 is 0. The Kier molecular flexibility index (Phi) is 5.79. The molecule has 2 rings (SSSR count). The van der Waals surface area contributed by atoms with E-state index < -0.39 is 10.0 Å². The van der Waals surface area contributed by atoms with Crippen LogP contribution in [0.1, 0.15) is 19.3 Å². The quantitative estimate of drug-likeness (QED) is 0.846. The number of carbonyl (C=O) groups is 1. The first-order chi connectivity index (χ1) is 10.4. The van der Waals surface area contributed by atoms with Crippen molar-refractivity contribution in [3.63, 3.8) is 0 Å². The maximum absolute atomic E-state index is 11.9. The third kappa shape index (κ3) is 5.31. The zero-order chi connectivity index (χ0) is 16.0. The van der Waals surface area contributed by atoms with E-state index >= 15 is 0 Å². The van der Waals surface area contributed by atoms with Gasteiger partial charge in [-0.25, -0.2) is 12.7 Å². The number of para-hydroxylation sites is 1. The highest BCUT2D eigenvalue weighted by molar-refractivity contribution is 7.88. The second-order valence-electron chi connectivity index (χ2n) is 5.42. The Morgan fingerprint density at radius 2 is 1.91 bits per heavy atom. The van der Waals surface area contributed by atoms with Crippen molar-refractivity contribution in [1.82, 2.24) is 9.62 Å². The highest BCUT2D eigenvalue weighted by Crippen LogP contribution is 2.13. The minimum Gasteiger partial charge on any atom is -0.493 e. The van der Waals surface area contributed by atoms with Crippen molar-refractivity contribution in [2.45, 2.75) is 25.3 Å². The zero-order valence-corrected chi connectivity index (χ0v) is 13.5. The third-order valence-corrected chi connectivity index (χ3v) is 4.93. The van der Waals surface area contributed by atoms with Gasteiger partial charge in [0.15, 0.2) is 0 Å². The van der Waals surface area contributed by atoms with Crippen molar-refractivity contribution in [1.29, 1.82) is 0 Å². The average Bonchev–Trinajstić information content (AvgIpc) is 2.48. The van der Waals surface area contributed by atoms with Gasteiger partial charge in [0.2, 0.25) is 15.9 Å². The molecule has 0 spiro atoms. The van der Waals surface area contributed by atoms with Crippen molar-refractivity contribution >= 4 is 15.9 Å². The van der Waals surface area contributed by atoms with Crippen molar-refractivity contribution in [2.75, 3.05) is 26.0 Å². The van der Waals surface area contributed by atoms with Crippen LogP contribution in [0.25, 0.3) is 0 Å². The van der Waals surface area contributed by atoms with Gasteiger partial charge in [-0.05, 0) is 25.0 Å². The summed E-state index contributed by atoms with van der Waals surface area (Å²) in [5.41, 5.74) is 0. The Balaban J connectivity index is 1.66. The Labute approximate surface area is 131 Å². The van der Waals surface area contributed by atoms with Crippen molar-refractivity contribution in [3.05, 3.63) is 30.3 Å². The lowest BCUT2D eigenvalue weighted by atomic mass is 10.1. The monoisotopic (exact) mass is 326 g/mol. The molecule has 1 fully saturated rings. The van der Waals surface area contributed by atoms with Crippen molar-refractivity contribution in [2.24, 2.45) is 0 Å². The molecule has 1 saturated heterocycles. The highest BCUT2D eigenvalue weighted by Gasteiger charge is 2.25. The van der Waals surface area contributed by atoms with Crippen LogP contribution in [0.15, 0.2) is 30.3 Å². The SMILES string of the molecule is CS(=O)(=O)N1CCC(NC(=O)CCOc2ccccc2)CC1. The summed E-state index contributed by atoms with van der Waals surface area (Å²) in [6.07, 6.45) is 2.81. The maximum atomic E-state index is 11.9. The molecular weight excluding hydrogens is 304 g/mol. The fraction of sp³-hybridized carbons (Fsp3) is 0.533. The maximum Gasteiger partial charge on any atom is 0.223 e. The van der Waals surface area contributed by atoms with E-state index in [9.17, 15) is 13.2 Å². The average molecular weight is 326 g/mol. The number of ether oxygens (including phenoxy) is 1. The van der Waals surface area contributed by atoms with E-state index in [2.05, 4.69) is 5.32 Å². The number of piperidine rings is 1. The molecule has 6 nitrogen and oxygen atoms in total. The number of nitrogens with zero attached hydrogens (tertiary/aromatic N) is 1. The van der Waals surface area contributed by atoms with E-state index in [4.69, 9.17) is 4.74 Å². The summed E-state index contributed by atoms with van der Waals surface area (Å²) in [5, 5.41) is 2.94. The van der Waals surface area contributed by atoms with E-state index in [0.29, 0.717) is 39.0 Å². The van der Waals surface area contributed by atoms with Crippen LogP contribution in [0.5, 0.6) is 5.75 Å². The van der Waals surface area contributed by atoms with Gasteiger partial charge in [-0.15, -0.1) is 0 Å². The van der Waals surface area contributed by atoms with E-state index in [1.807, 2.05) is 30.3 Å². The molecule has 0 bridgehead atoms. The number of amides is 1. The highest BCUT2D eigenvalue weighted by atomic mass is 32.2. The second-order valence-corrected chi connectivity index (χ2v) is 7.40. The molecule has 1 amide bonds. The first kappa shape index (κ1) is 16.8. The Bertz CT molecular complexity index is 581. The topological polar surface area (TPSA) is 75.7 Å². The molecule has 0 aromatic heterocycles. The number of carbonyl (C=O) groups excluding carboxylic acids is 1. The summed E-state index contributed by atoms with van der Waals surface area (Å²) in [6, 6.07) is 9.40. The number of benzene rings is 1. The zero-order valence-electron chi connectivity index (χ0n) is 12.7. The predicted octanol–water partition coefficient (Wildman–Crippen LogP) is 0.996. The standard InChI is InChI=1S/C15H22N2O4S/c1-22(19,20)17-10-7-13(8-11-17)16-15(18)9-12-21-14-5-3-2-4-6-14/h2-6,13H,7-12H2,1H3,(H,16,18). The second kappa shape index (κ2) is 7.60. The summed E-state index contributed by atoms with van der Waals surface area (Å²) in [5.74, 6) is 0.686. The van der Waals surface area contributed by atoms with Gasteiger partial charge >= 0.3 is 0 Å². The lowest BCUT2D eigenvalue weighted by Crippen LogP contribution is -2.46. The molecule has 1 aromatic rings. The Morgan fingerprint density at radius 1 is 1.27 bits per heavy atom. The van der Waals surface area contributed by atoms with Crippen LogP contribution in [-0.2, 0) is 14.8 Å². The van der Waals surface area contributed by atoms with Crippen LogP contribution < -0.4 is 10.1 Å². The number of hydrogen-bond acceptors (Lipinski definition) is 4. The summed E-state index contributed by atoms with van der Waals surface area (Å²) < 4.78 is 29.8. The molecule has 0 radical (unpaired) electrons. The lowest BCUT2D eigenvalue weighted by Gasteiger charge is -2.30. The van der Waals surface area contributed by atoms with Gasteiger partial charge in [-0.1, -0.05) is 18.2 Å². The molecule has 0 aliphatic carbocycles. The Hall–Kier alpha value is -1.60. The molecule has 1 heterocycles. The summed E-state index contributed by atoms with van der Waals surface area (Å²) in [6.45, 7) is 1.26. The van der Waals surface area contributed by atoms with Crippen LogP contribution in [0.4, 0.5) is 0 Å². The van der Waals surface area contributed by atoms with Gasteiger partial charge in [0.25, 0.3) is 0 Å². The molecule has 122 valence electrons.